The summed E-state index contributed by atoms with van der Waals surface area (Å²) in [4.78, 5) is -1.13. The van der Waals surface area contributed by atoms with E-state index in [1.807, 2.05) is 0 Å². The minimum Gasteiger partial charge on any atom is -0.505 e. The second kappa shape index (κ2) is 11.0. The van der Waals surface area contributed by atoms with Gasteiger partial charge in [0.2, 0.25) is 0 Å². The Balaban J connectivity index is 1.89. The summed E-state index contributed by atoms with van der Waals surface area (Å²) in [5, 5.41) is 17.0. The van der Waals surface area contributed by atoms with Crippen LogP contribution < -0.4 is 15.7 Å². The topological polar surface area (TPSA) is 198 Å². The van der Waals surface area contributed by atoms with E-state index in [2.05, 4.69) is 14.4 Å². The number of hydrogen-bond acceptors (Lipinski definition) is 9. The minimum absolute atomic E-state index is 0.244. The third-order valence-corrected chi connectivity index (χ3v) is 7.05. The first kappa shape index (κ1) is 31.5. The molecule has 0 amide bonds. The van der Waals surface area contributed by atoms with Crippen molar-refractivity contribution in [1.29, 1.82) is 0 Å². The molecule has 0 heterocycles. The summed E-state index contributed by atoms with van der Waals surface area (Å²) in [6.45, 7) is 0. The van der Waals surface area contributed by atoms with Crippen LogP contribution >= 0.6 is 0 Å². The lowest BCUT2D eigenvalue weighted by Crippen LogP contribution is -2.09. The Morgan fingerprint density at radius 3 is 1.95 bits per heavy atom. The van der Waals surface area contributed by atoms with Gasteiger partial charge in [-0.25, -0.2) is 0 Å². The maximum absolute atomic E-state index is 14.0. The Morgan fingerprint density at radius 2 is 1.40 bits per heavy atom. The number of hydrogen-bond donors (Lipinski definition) is 5. The zero-order valence-electron chi connectivity index (χ0n) is 20.8. The Labute approximate surface area is 239 Å². The van der Waals surface area contributed by atoms with Gasteiger partial charge in [0, 0.05) is 22.8 Å². The van der Waals surface area contributed by atoms with Crippen molar-refractivity contribution in [2.45, 2.75) is 17.2 Å². The summed E-state index contributed by atoms with van der Waals surface area (Å²) >= 11 is -2.82. The van der Waals surface area contributed by atoms with Crippen LogP contribution in [0.15, 0.2) is 69.7 Å². The molecule has 0 saturated carbocycles. The molecule has 4 aromatic rings. The molecule has 4 rings (SSSR count). The summed E-state index contributed by atoms with van der Waals surface area (Å²) in [6, 6.07) is 7.37. The predicted octanol–water partition coefficient (Wildman–Crippen LogP) is 6.59. The molecule has 0 aliphatic rings. The van der Waals surface area contributed by atoms with Gasteiger partial charge in [-0.15, -0.1) is 10.2 Å². The van der Waals surface area contributed by atoms with Crippen molar-refractivity contribution in [2.75, 3.05) is 11.5 Å². The highest BCUT2D eigenvalue weighted by Crippen LogP contribution is 2.46. The lowest BCUT2D eigenvalue weighted by Gasteiger charge is -2.15. The molecule has 0 spiro atoms. The minimum atomic E-state index is -5.23. The summed E-state index contributed by atoms with van der Waals surface area (Å²) < 4.78 is 140. The fraction of sp³-hybridized carbons (Fsp3) is 0.0833. The largest absolute Gasteiger partial charge is 0.505 e. The van der Waals surface area contributed by atoms with Crippen LogP contribution in [0.25, 0.3) is 21.9 Å². The fourth-order valence-electron chi connectivity index (χ4n) is 4.03. The van der Waals surface area contributed by atoms with Crippen LogP contribution in [0.2, 0.25) is 0 Å². The van der Waals surface area contributed by atoms with E-state index in [4.69, 9.17) is 16.0 Å². The third-order valence-electron chi connectivity index (χ3n) is 5.85. The summed E-state index contributed by atoms with van der Waals surface area (Å²) in [6.07, 6.45) is -10.0. The van der Waals surface area contributed by atoms with Gasteiger partial charge >= 0.3 is 23.7 Å². The van der Waals surface area contributed by atoms with Gasteiger partial charge in [0.05, 0.1) is 16.8 Å². The van der Waals surface area contributed by atoms with Crippen molar-refractivity contribution < 1.29 is 57.4 Å². The molecule has 1 unspecified atom stereocenters. The zero-order chi connectivity index (χ0) is 32.1. The number of alkyl halides is 6. The molecule has 4 aromatic carbocycles. The van der Waals surface area contributed by atoms with Crippen molar-refractivity contribution >= 4 is 55.0 Å². The molecule has 1 atom stereocenters. The molecule has 0 fully saturated rings. The second-order valence-corrected chi connectivity index (χ2v) is 10.7. The highest BCUT2D eigenvalue weighted by molar-refractivity contribution is 7.86. The van der Waals surface area contributed by atoms with Crippen molar-refractivity contribution in [3.63, 3.8) is 0 Å². The number of benzene rings is 4. The number of phenols is 1. The molecule has 0 aliphatic carbocycles. The quantitative estimate of drug-likeness (QED) is 0.0502. The van der Waals surface area contributed by atoms with Gasteiger partial charge in [-0.05, 0) is 52.9 Å². The average Bonchev–Trinajstić information content (AvgIpc) is 2.85. The maximum atomic E-state index is 14.0. The van der Waals surface area contributed by atoms with Crippen LogP contribution in [-0.4, -0.2) is 26.8 Å². The smallest absolute Gasteiger partial charge is 0.418 e. The van der Waals surface area contributed by atoms with Gasteiger partial charge in [0.15, 0.2) is 5.75 Å². The van der Waals surface area contributed by atoms with E-state index >= 15 is 0 Å². The molecule has 11 nitrogen and oxygen atoms in total. The number of nitrogens with zero attached hydrogens (tertiary/aromatic N) is 2. The number of halogens is 6. The Bertz CT molecular complexity index is 1930. The van der Waals surface area contributed by atoms with E-state index in [9.17, 15) is 48.6 Å². The third kappa shape index (κ3) is 6.63. The summed E-state index contributed by atoms with van der Waals surface area (Å²) in [5.74, 6) is -1.39. The van der Waals surface area contributed by atoms with Gasteiger partial charge < -0.3 is 20.8 Å². The molecule has 228 valence electrons. The van der Waals surface area contributed by atoms with Crippen LogP contribution in [0.5, 0.6) is 11.5 Å². The van der Waals surface area contributed by atoms with Crippen LogP contribution in [0.1, 0.15) is 11.1 Å². The van der Waals surface area contributed by atoms with Gasteiger partial charge in [-0.2, -0.15) is 39.0 Å². The predicted molar refractivity (Wildman–Crippen MR) is 142 cm³/mol. The second-order valence-electron chi connectivity index (χ2n) is 8.69. The van der Waals surface area contributed by atoms with E-state index < -0.39 is 72.7 Å². The molecule has 7 N–H and O–H groups in total. The Hall–Kier alpha value is -4.46. The number of phenolic OH excluding ortho intramolecular Hbond substituents is 1. The van der Waals surface area contributed by atoms with Crippen LogP contribution in [0.3, 0.4) is 0 Å². The van der Waals surface area contributed by atoms with Gasteiger partial charge in [-0.3, -0.25) is 9.11 Å². The molecular formula is C24H16F6N4O7S2. The summed E-state index contributed by atoms with van der Waals surface area (Å²) in [5.41, 5.74) is 4.90. The normalized spacial score (nSPS) is 13.5. The Kier molecular flexibility index (Phi) is 8.04. The van der Waals surface area contributed by atoms with Gasteiger partial charge in [0.25, 0.3) is 10.1 Å². The molecule has 0 aliphatic heterocycles. The number of azo groups is 1. The first-order valence-corrected chi connectivity index (χ1v) is 13.7. The maximum Gasteiger partial charge on any atom is 0.418 e. The van der Waals surface area contributed by atoms with E-state index in [1.165, 1.54) is 0 Å². The number of fused-ring (bicyclic) bond motifs is 1. The highest BCUT2D eigenvalue weighted by Gasteiger charge is 2.36. The van der Waals surface area contributed by atoms with Crippen molar-refractivity contribution in [3.8, 4) is 22.6 Å². The molecule has 0 saturated heterocycles. The Morgan fingerprint density at radius 1 is 0.814 bits per heavy atom. The van der Waals surface area contributed by atoms with E-state index in [1.54, 1.807) is 0 Å². The fourth-order valence-corrected chi connectivity index (χ4v) is 4.95. The first-order chi connectivity index (χ1) is 19.8. The van der Waals surface area contributed by atoms with Crippen LogP contribution in [-0.2, 0) is 33.8 Å². The van der Waals surface area contributed by atoms with E-state index in [-0.39, 0.29) is 33.3 Å². The van der Waals surface area contributed by atoms with E-state index in [0.717, 1.165) is 36.4 Å². The number of nitrogens with two attached hydrogens (primary N) is 2. The molecule has 0 bridgehead atoms. The standard InChI is InChI=1S/C24H16F6N4O7S2/c25-23(26,27)14-6-10(1-3-16(14)31)11-2-4-18(15(7-11)24(28,29)30)33-34-21-19(43(38,39)40)8-12-5-13(41-42(36)37)9-17(32)20(12)22(21)35/h1-9,35H,31-32H2,(H,36,37)(H,38,39,40). The number of nitrogen functional groups attached to an aromatic ring is 2. The molecular weight excluding hydrogens is 634 g/mol. The highest BCUT2D eigenvalue weighted by atomic mass is 32.2. The molecule has 0 aromatic heterocycles. The molecule has 43 heavy (non-hydrogen) atoms. The van der Waals surface area contributed by atoms with Crippen molar-refractivity contribution in [3.05, 3.63) is 65.7 Å². The van der Waals surface area contributed by atoms with Gasteiger partial charge in [0.1, 0.15) is 16.3 Å². The number of aromatic hydroxyl groups is 1. The van der Waals surface area contributed by atoms with Crippen molar-refractivity contribution in [2.24, 2.45) is 10.2 Å². The number of anilines is 2. The molecule has 19 heteroatoms. The van der Waals surface area contributed by atoms with Crippen LogP contribution in [0, 0.1) is 0 Å². The SMILES string of the molecule is Nc1ccc(-c2ccc(N=Nc3c(S(=O)(=O)O)cc4cc(OS(=O)O)cc(N)c4c3O)c(C(F)(F)F)c2)cc1C(F)(F)F. The lowest BCUT2D eigenvalue weighted by atomic mass is 9.99. The molecule has 0 radical (unpaired) electrons. The monoisotopic (exact) mass is 650 g/mol. The zero-order valence-corrected chi connectivity index (χ0v) is 22.4. The summed E-state index contributed by atoms with van der Waals surface area (Å²) in [7, 11) is -5.23. The van der Waals surface area contributed by atoms with E-state index in [0.29, 0.717) is 18.2 Å². The average molecular weight is 651 g/mol. The van der Waals surface area contributed by atoms with Crippen LogP contribution in [0.4, 0.5) is 49.1 Å². The lowest BCUT2D eigenvalue weighted by molar-refractivity contribution is -0.137. The first-order valence-electron chi connectivity index (χ1n) is 11.2. The van der Waals surface area contributed by atoms with Gasteiger partial charge in [-0.1, -0.05) is 12.1 Å². The number of rotatable bonds is 6. The van der Waals surface area contributed by atoms with Crippen molar-refractivity contribution in [1.82, 2.24) is 0 Å².